The van der Waals surface area contributed by atoms with Crippen molar-refractivity contribution in [2.24, 2.45) is 0 Å². The Bertz CT molecular complexity index is 984. The van der Waals surface area contributed by atoms with Crippen LogP contribution in [0.25, 0.3) is 5.69 Å². The summed E-state index contributed by atoms with van der Waals surface area (Å²) in [7, 11) is 0. The number of aryl methyl sites for hydroxylation is 1. The van der Waals surface area contributed by atoms with E-state index in [2.05, 4.69) is 15.7 Å². The SMILES string of the molecule is Cc1nn(-c2ccccc2)c(C)c1CC(=O)NCCNC(=O)COc1ccccc1. The third-order valence-electron chi connectivity index (χ3n) is 4.66. The summed E-state index contributed by atoms with van der Waals surface area (Å²) in [5, 5.41) is 10.1. The van der Waals surface area contributed by atoms with E-state index in [-0.39, 0.29) is 24.8 Å². The molecule has 0 saturated heterocycles. The molecule has 7 heteroatoms. The van der Waals surface area contributed by atoms with Crippen LogP contribution in [0.5, 0.6) is 5.75 Å². The Balaban J connectivity index is 1.42. The Morgan fingerprint density at radius 1 is 0.900 bits per heavy atom. The van der Waals surface area contributed by atoms with Crippen LogP contribution in [-0.4, -0.2) is 41.3 Å². The minimum Gasteiger partial charge on any atom is -0.484 e. The highest BCUT2D eigenvalue weighted by Crippen LogP contribution is 2.18. The molecule has 0 atom stereocenters. The molecule has 3 rings (SSSR count). The predicted octanol–water partition coefficient (Wildman–Crippen LogP) is 2.34. The van der Waals surface area contributed by atoms with E-state index in [1.54, 1.807) is 12.1 Å². The average molecular weight is 406 g/mol. The second kappa shape index (κ2) is 10.2. The molecule has 0 bridgehead atoms. The number of benzene rings is 2. The Hall–Kier alpha value is -3.61. The number of rotatable bonds is 9. The summed E-state index contributed by atoms with van der Waals surface area (Å²) in [6.45, 7) is 4.49. The van der Waals surface area contributed by atoms with Crippen molar-refractivity contribution in [2.75, 3.05) is 19.7 Å². The second-order valence-corrected chi connectivity index (χ2v) is 6.88. The minimum atomic E-state index is -0.232. The number of carbonyl (C=O) groups is 2. The number of carbonyl (C=O) groups excluding carboxylic acids is 2. The number of hydrogen-bond acceptors (Lipinski definition) is 4. The molecule has 2 N–H and O–H groups in total. The van der Waals surface area contributed by atoms with Crippen molar-refractivity contribution in [3.63, 3.8) is 0 Å². The molecule has 0 aliphatic carbocycles. The smallest absolute Gasteiger partial charge is 0.258 e. The first-order valence-electron chi connectivity index (χ1n) is 9.86. The first-order valence-corrected chi connectivity index (χ1v) is 9.86. The topological polar surface area (TPSA) is 85.3 Å². The highest BCUT2D eigenvalue weighted by atomic mass is 16.5. The van der Waals surface area contributed by atoms with Gasteiger partial charge in [-0.1, -0.05) is 36.4 Å². The molecule has 0 radical (unpaired) electrons. The number of nitrogens with one attached hydrogen (secondary N) is 2. The monoisotopic (exact) mass is 406 g/mol. The van der Waals surface area contributed by atoms with Crippen molar-refractivity contribution in [3.8, 4) is 11.4 Å². The standard InChI is InChI=1S/C23H26N4O3/c1-17-21(18(2)27(26-17)19-9-5-3-6-10-19)15-22(28)24-13-14-25-23(29)16-30-20-11-7-4-8-12-20/h3-12H,13-16H2,1-2H3,(H,24,28)(H,25,29). The van der Waals surface area contributed by atoms with Crippen molar-refractivity contribution in [1.29, 1.82) is 0 Å². The van der Waals surface area contributed by atoms with Crippen molar-refractivity contribution in [3.05, 3.63) is 77.6 Å². The molecule has 0 fully saturated rings. The van der Waals surface area contributed by atoms with Crippen LogP contribution in [0, 0.1) is 13.8 Å². The van der Waals surface area contributed by atoms with Gasteiger partial charge in [0, 0.05) is 24.3 Å². The number of amides is 2. The van der Waals surface area contributed by atoms with Crippen LogP contribution in [0.2, 0.25) is 0 Å². The maximum Gasteiger partial charge on any atom is 0.258 e. The van der Waals surface area contributed by atoms with Crippen LogP contribution in [-0.2, 0) is 16.0 Å². The highest BCUT2D eigenvalue weighted by Gasteiger charge is 2.15. The molecule has 2 aromatic carbocycles. The Morgan fingerprint density at radius 2 is 1.50 bits per heavy atom. The van der Waals surface area contributed by atoms with Gasteiger partial charge in [0.05, 0.1) is 17.8 Å². The summed E-state index contributed by atoms with van der Waals surface area (Å²) in [6, 6.07) is 19.0. The molecule has 1 heterocycles. The van der Waals surface area contributed by atoms with E-state index in [1.165, 1.54) is 0 Å². The average Bonchev–Trinajstić information content (AvgIpc) is 3.05. The molecule has 0 aliphatic heterocycles. The third-order valence-corrected chi connectivity index (χ3v) is 4.66. The molecule has 0 saturated carbocycles. The fraction of sp³-hybridized carbons (Fsp3) is 0.261. The van der Waals surface area contributed by atoms with E-state index in [0.717, 1.165) is 22.6 Å². The maximum atomic E-state index is 12.3. The van der Waals surface area contributed by atoms with Gasteiger partial charge in [0.25, 0.3) is 5.91 Å². The summed E-state index contributed by atoms with van der Waals surface area (Å²) in [5.74, 6) is 0.301. The van der Waals surface area contributed by atoms with Crippen molar-refractivity contribution < 1.29 is 14.3 Å². The Morgan fingerprint density at radius 3 is 2.17 bits per heavy atom. The van der Waals surface area contributed by atoms with E-state index in [4.69, 9.17) is 4.74 Å². The zero-order valence-electron chi connectivity index (χ0n) is 17.2. The van der Waals surface area contributed by atoms with Gasteiger partial charge in [0.2, 0.25) is 5.91 Å². The number of hydrogen-bond donors (Lipinski definition) is 2. The lowest BCUT2D eigenvalue weighted by Crippen LogP contribution is -2.37. The van der Waals surface area contributed by atoms with Crippen LogP contribution in [0.4, 0.5) is 0 Å². The zero-order valence-corrected chi connectivity index (χ0v) is 17.2. The molecule has 0 aliphatic rings. The van der Waals surface area contributed by atoms with Gasteiger partial charge in [0.1, 0.15) is 5.75 Å². The van der Waals surface area contributed by atoms with Gasteiger partial charge in [-0.15, -0.1) is 0 Å². The molecule has 1 aromatic heterocycles. The van der Waals surface area contributed by atoms with Crippen molar-refractivity contribution >= 4 is 11.8 Å². The minimum absolute atomic E-state index is 0.0605. The maximum absolute atomic E-state index is 12.3. The van der Waals surface area contributed by atoms with E-state index >= 15 is 0 Å². The fourth-order valence-electron chi connectivity index (χ4n) is 3.09. The second-order valence-electron chi connectivity index (χ2n) is 6.88. The third kappa shape index (κ3) is 5.70. The van der Waals surface area contributed by atoms with Crippen LogP contribution >= 0.6 is 0 Å². The first-order chi connectivity index (χ1) is 14.5. The van der Waals surface area contributed by atoms with E-state index in [9.17, 15) is 9.59 Å². The summed E-state index contributed by atoms with van der Waals surface area (Å²) in [5.41, 5.74) is 3.65. The molecule has 156 valence electrons. The molecule has 30 heavy (non-hydrogen) atoms. The van der Waals surface area contributed by atoms with Gasteiger partial charge in [-0.2, -0.15) is 5.10 Å². The number of para-hydroxylation sites is 2. The van der Waals surface area contributed by atoms with Gasteiger partial charge in [0.15, 0.2) is 6.61 Å². The van der Waals surface area contributed by atoms with Gasteiger partial charge in [-0.3, -0.25) is 9.59 Å². The molecule has 3 aromatic rings. The molecular formula is C23H26N4O3. The van der Waals surface area contributed by atoms with Crippen LogP contribution in [0.15, 0.2) is 60.7 Å². The summed E-state index contributed by atoms with van der Waals surface area (Å²) in [6.07, 6.45) is 0.246. The molecule has 2 amide bonds. The zero-order chi connectivity index (χ0) is 21.3. The molecule has 0 spiro atoms. The van der Waals surface area contributed by atoms with Crippen molar-refractivity contribution in [1.82, 2.24) is 20.4 Å². The van der Waals surface area contributed by atoms with Crippen LogP contribution in [0.1, 0.15) is 17.0 Å². The van der Waals surface area contributed by atoms with Crippen molar-refractivity contribution in [2.45, 2.75) is 20.3 Å². The number of nitrogens with zero attached hydrogens (tertiary/aromatic N) is 2. The molecular weight excluding hydrogens is 380 g/mol. The van der Waals surface area contributed by atoms with Gasteiger partial charge in [-0.05, 0) is 38.1 Å². The largest absolute Gasteiger partial charge is 0.484 e. The van der Waals surface area contributed by atoms with E-state index < -0.39 is 0 Å². The van der Waals surface area contributed by atoms with Gasteiger partial charge < -0.3 is 15.4 Å². The Kier molecular flexibility index (Phi) is 7.21. The number of ether oxygens (including phenoxy) is 1. The highest BCUT2D eigenvalue weighted by molar-refractivity contribution is 5.79. The van der Waals surface area contributed by atoms with E-state index in [0.29, 0.717) is 18.8 Å². The van der Waals surface area contributed by atoms with Crippen LogP contribution in [0.3, 0.4) is 0 Å². The first kappa shape index (κ1) is 21.1. The molecule has 7 nitrogen and oxygen atoms in total. The summed E-state index contributed by atoms with van der Waals surface area (Å²) in [4.78, 5) is 24.2. The van der Waals surface area contributed by atoms with Gasteiger partial charge >= 0.3 is 0 Å². The van der Waals surface area contributed by atoms with Crippen LogP contribution < -0.4 is 15.4 Å². The lowest BCUT2D eigenvalue weighted by Gasteiger charge is -2.09. The lowest BCUT2D eigenvalue weighted by atomic mass is 10.1. The van der Waals surface area contributed by atoms with E-state index in [1.807, 2.05) is 67.1 Å². The normalized spacial score (nSPS) is 10.5. The molecule has 0 unspecified atom stereocenters. The van der Waals surface area contributed by atoms with Gasteiger partial charge in [-0.25, -0.2) is 4.68 Å². The lowest BCUT2D eigenvalue weighted by molar-refractivity contribution is -0.124. The summed E-state index contributed by atoms with van der Waals surface area (Å²) >= 11 is 0. The quantitative estimate of drug-likeness (QED) is 0.534. The number of aromatic nitrogens is 2. The fourth-order valence-corrected chi connectivity index (χ4v) is 3.09. The summed E-state index contributed by atoms with van der Waals surface area (Å²) < 4.78 is 7.23. The Labute approximate surface area is 176 Å². The predicted molar refractivity (Wildman–Crippen MR) is 115 cm³/mol.